The molecular weight excluding hydrogens is 300 g/mol. The molecule has 116 valence electrons. The summed E-state index contributed by atoms with van der Waals surface area (Å²) >= 11 is 0. The van der Waals surface area contributed by atoms with Crippen molar-refractivity contribution in [3.8, 4) is 0 Å². The Hall–Kier alpha value is -2.18. The van der Waals surface area contributed by atoms with Crippen LogP contribution in [0.3, 0.4) is 0 Å². The molecular formula is C16H18N2O3S. The van der Waals surface area contributed by atoms with Crippen molar-refractivity contribution >= 4 is 16.2 Å². The summed E-state index contributed by atoms with van der Waals surface area (Å²) in [6, 6.07) is 16.3. The van der Waals surface area contributed by atoms with Crippen molar-refractivity contribution in [2.75, 3.05) is 6.61 Å². The van der Waals surface area contributed by atoms with E-state index < -0.39 is 10.0 Å². The molecule has 2 aromatic carbocycles. The zero-order valence-corrected chi connectivity index (χ0v) is 13.1. The number of nitrogens with one attached hydrogen (secondary N) is 1. The predicted molar refractivity (Wildman–Crippen MR) is 86.1 cm³/mol. The van der Waals surface area contributed by atoms with E-state index in [4.69, 9.17) is 4.74 Å². The van der Waals surface area contributed by atoms with Crippen LogP contribution in [0, 0.1) is 6.92 Å². The van der Waals surface area contributed by atoms with Gasteiger partial charge < -0.3 is 4.74 Å². The van der Waals surface area contributed by atoms with Gasteiger partial charge in [-0.15, -0.1) is 0 Å². The molecule has 0 heterocycles. The van der Waals surface area contributed by atoms with E-state index in [1.165, 1.54) is 6.21 Å². The summed E-state index contributed by atoms with van der Waals surface area (Å²) in [6.07, 6.45) is 1.38. The van der Waals surface area contributed by atoms with Gasteiger partial charge in [0.1, 0.15) is 0 Å². The van der Waals surface area contributed by atoms with Crippen LogP contribution in [0.4, 0.5) is 0 Å². The van der Waals surface area contributed by atoms with Crippen molar-refractivity contribution in [1.29, 1.82) is 0 Å². The van der Waals surface area contributed by atoms with Gasteiger partial charge in [0.25, 0.3) is 10.0 Å². The molecule has 0 bridgehead atoms. The van der Waals surface area contributed by atoms with E-state index in [-0.39, 0.29) is 11.5 Å². The van der Waals surface area contributed by atoms with Gasteiger partial charge in [-0.2, -0.15) is 13.5 Å². The van der Waals surface area contributed by atoms with Crippen molar-refractivity contribution in [2.45, 2.75) is 18.4 Å². The van der Waals surface area contributed by atoms with Gasteiger partial charge in [-0.05, 0) is 24.6 Å². The van der Waals surface area contributed by atoms with E-state index in [0.717, 1.165) is 11.1 Å². The molecule has 5 nitrogen and oxygen atoms in total. The van der Waals surface area contributed by atoms with Crippen LogP contribution in [0.5, 0.6) is 0 Å². The summed E-state index contributed by atoms with van der Waals surface area (Å²) in [5.74, 6) is 0. The van der Waals surface area contributed by atoms with Crippen LogP contribution in [0.15, 0.2) is 64.6 Å². The molecule has 0 radical (unpaired) electrons. The molecule has 0 amide bonds. The molecule has 0 aliphatic rings. The second-order valence-electron chi connectivity index (χ2n) is 4.72. The standard InChI is InChI=1S/C16H18N2O3S/c1-14-7-9-16(10-8-14)22(19,20)18-17-11-12-21-13-15-5-3-2-4-6-15/h2-11,18H,12-13H2,1H3/b17-11+. The van der Waals surface area contributed by atoms with E-state index in [0.29, 0.717) is 6.61 Å². The molecule has 6 heteroatoms. The SMILES string of the molecule is Cc1ccc(S(=O)(=O)N/N=C/COCc2ccccc2)cc1. The maximum atomic E-state index is 11.9. The maximum Gasteiger partial charge on any atom is 0.276 e. The smallest absolute Gasteiger partial charge is 0.276 e. The maximum absolute atomic E-state index is 11.9. The third kappa shape index (κ3) is 4.98. The minimum Gasteiger partial charge on any atom is -0.371 e. The summed E-state index contributed by atoms with van der Waals surface area (Å²) in [7, 11) is -3.62. The van der Waals surface area contributed by atoms with Crippen molar-refractivity contribution in [3.63, 3.8) is 0 Å². The van der Waals surface area contributed by atoms with Crippen LogP contribution in [0.1, 0.15) is 11.1 Å². The Morgan fingerprint density at radius 3 is 2.45 bits per heavy atom. The number of ether oxygens (including phenoxy) is 1. The number of sulfonamides is 1. The van der Waals surface area contributed by atoms with Crippen molar-refractivity contribution in [1.82, 2.24) is 4.83 Å². The molecule has 2 rings (SSSR count). The van der Waals surface area contributed by atoms with Gasteiger partial charge in [-0.25, -0.2) is 4.83 Å². The molecule has 22 heavy (non-hydrogen) atoms. The lowest BCUT2D eigenvalue weighted by Crippen LogP contribution is -2.18. The van der Waals surface area contributed by atoms with E-state index in [2.05, 4.69) is 9.93 Å². The topological polar surface area (TPSA) is 67.8 Å². The highest BCUT2D eigenvalue weighted by atomic mass is 32.2. The highest BCUT2D eigenvalue weighted by Gasteiger charge is 2.11. The highest BCUT2D eigenvalue weighted by Crippen LogP contribution is 2.09. The van der Waals surface area contributed by atoms with Gasteiger partial charge in [0.15, 0.2) is 0 Å². The first-order chi connectivity index (χ1) is 10.6. The van der Waals surface area contributed by atoms with Gasteiger partial charge in [-0.3, -0.25) is 0 Å². The Kier molecular flexibility index (Phi) is 5.68. The first-order valence-corrected chi connectivity index (χ1v) is 8.28. The molecule has 0 spiro atoms. The van der Waals surface area contributed by atoms with Crippen LogP contribution in [0.2, 0.25) is 0 Å². The number of benzene rings is 2. The lowest BCUT2D eigenvalue weighted by atomic mass is 10.2. The molecule has 0 saturated carbocycles. The Bertz CT molecular complexity index is 711. The minimum atomic E-state index is -3.62. The lowest BCUT2D eigenvalue weighted by Gasteiger charge is -2.04. The molecule has 0 atom stereocenters. The van der Waals surface area contributed by atoms with Crippen molar-refractivity contribution in [2.24, 2.45) is 5.10 Å². The third-order valence-corrected chi connectivity index (χ3v) is 4.14. The average Bonchev–Trinajstić information content (AvgIpc) is 2.52. The van der Waals surface area contributed by atoms with Crippen LogP contribution in [-0.2, 0) is 21.4 Å². The second-order valence-corrected chi connectivity index (χ2v) is 6.38. The number of rotatable bonds is 7. The minimum absolute atomic E-state index is 0.181. The van der Waals surface area contributed by atoms with Crippen LogP contribution >= 0.6 is 0 Å². The number of hydrogen-bond donors (Lipinski definition) is 1. The summed E-state index contributed by atoms with van der Waals surface area (Å²) in [5.41, 5.74) is 2.05. The van der Waals surface area contributed by atoms with Gasteiger partial charge in [0, 0.05) is 0 Å². The molecule has 0 fully saturated rings. The number of aryl methyl sites for hydroxylation is 1. The van der Waals surface area contributed by atoms with Crippen LogP contribution < -0.4 is 4.83 Å². The number of hydrazone groups is 1. The summed E-state index contributed by atoms with van der Waals surface area (Å²) < 4.78 is 29.2. The summed E-state index contributed by atoms with van der Waals surface area (Å²) in [5, 5.41) is 3.69. The molecule has 0 aliphatic carbocycles. The zero-order valence-electron chi connectivity index (χ0n) is 12.3. The summed E-state index contributed by atoms with van der Waals surface area (Å²) in [4.78, 5) is 2.34. The molecule has 0 unspecified atom stereocenters. The van der Waals surface area contributed by atoms with Crippen molar-refractivity contribution < 1.29 is 13.2 Å². The first kappa shape index (κ1) is 16.2. The molecule has 0 aromatic heterocycles. The van der Waals surface area contributed by atoms with Crippen LogP contribution in [-0.4, -0.2) is 21.2 Å². The fraction of sp³-hybridized carbons (Fsp3) is 0.188. The van der Waals surface area contributed by atoms with E-state index >= 15 is 0 Å². The van der Waals surface area contributed by atoms with Gasteiger partial charge >= 0.3 is 0 Å². The Morgan fingerprint density at radius 2 is 1.77 bits per heavy atom. The molecule has 0 aliphatic heterocycles. The van der Waals surface area contributed by atoms with Gasteiger partial charge in [0.05, 0.1) is 24.3 Å². The largest absolute Gasteiger partial charge is 0.371 e. The average molecular weight is 318 g/mol. The molecule has 0 saturated heterocycles. The monoisotopic (exact) mass is 318 g/mol. The quantitative estimate of drug-likeness (QED) is 0.484. The Balaban J connectivity index is 1.78. The van der Waals surface area contributed by atoms with Crippen LogP contribution in [0.25, 0.3) is 0 Å². The zero-order chi connectivity index (χ0) is 15.8. The lowest BCUT2D eigenvalue weighted by molar-refractivity contribution is 0.160. The van der Waals surface area contributed by atoms with E-state index in [9.17, 15) is 8.42 Å². The Morgan fingerprint density at radius 1 is 1.09 bits per heavy atom. The molecule has 1 N–H and O–H groups in total. The fourth-order valence-corrected chi connectivity index (χ4v) is 2.53. The first-order valence-electron chi connectivity index (χ1n) is 6.79. The third-order valence-electron chi connectivity index (χ3n) is 2.90. The van der Waals surface area contributed by atoms with Crippen molar-refractivity contribution in [3.05, 3.63) is 65.7 Å². The highest BCUT2D eigenvalue weighted by molar-refractivity contribution is 7.89. The normalized spacial score (nSPS) is 11.7. The Labute approximate surface area is 130 Å². The number of nitrogens with zero attached hydrogens (tertiary/aromatic N) is 1. The predicted octanol–water partition coefficient (Wildman–Crippen LogP) is 2.48. The second kappa shape index (κ2) is 7.72. The van der Waals surface area contributed by atoms with E-state index in [1.54, 1.807) is 24.3 Å². The van der Waals surface area contributed by atoms with Gasteiger partial charge in [0.2, 0.25) is 0 Å². The summed E-state index contributed by atoms with van der Waals surface area (Å²) in [6.45, 7) is 2.58. The van der Waals surface area contributed by atoms with Gasteiger partial charge in [-0.1, -0.05) is 48.0 Å². The molecule has 2 aromatic rings. The van der Waals surface area contributed by atoms with E-state index in [1.807, 2.05) is 37.3 Å². The number of hydrogen-bond acceptors (Lipinski definition) is 4. The fourth-order valence-electron chi connectivity index (χ4n) is 1.72.